The molecule has 0 saturated heterocycles. The molecular formula is C8H13NO. The van der Waals surface area contributed by atoms with Crippen LogP contribution in [0.3, 0.4) is 0 Å². The Hall–Kier alpha value is -0.550. The maximum Gasteiger partial charge on any atom is 0.0622 e. The molecule has 1 aliphatic carbocycles. The van der Waals surface area contributed by atoms with Crippen LogP contribution in [-0.4, -0.2) is 13.2 Å². The summed E-state index contributed by atoms with van der Waals surface area (Å²) in [7, 11) is 0. The van der Waals surface area contributed by atoms with E-state index in [0.29, 0.717) is 6.42 Å². The Balaban J connectivity index is 1.73. The highest BCUT2D eigenvalue weighted by Gasteiger charge is 2.20. The zero-order valence-electron chi connectivity index (χ0n) is 6.18. The monoisotopic (exact) mass is 139 g/mol. The van der Waals surface area contributed by atoms with E-state index in [4.69, 9.17) is 10.00 Å². The summed E-state index contributed by atoms with van der Waals surface area (Å²) in [6.45, 7) is 1.69. The molecule has 0 bridgehead atoms. The number of rotatable bonds is 5. The number of hydrogen-bond donors (Lipinski definition) is 0. The number of nitriles is 1. The maximum atomic E-state index is 8.18. The lowest BCUT2D eigenvalue weighted by Gasteiger charge is -1.98. The van der Waals surface area contributed by atoms with Crippen molar-refractivity contribution in [2.24, 2.45) is 5.92 Å². The topological polar surface area (TPSA) is 33.0 Å². The predicted molar refractivity (Wildman–Crippen MR) is 38.4 cm³/mol. The molecule has 1 fully saturated rings. The number of unbranched alkanes of at least 4 members (excludes halogenated alkanes) is 1. The van der Waals surface area contributed by atoms with E-state index < -0.39 is 0 Å². The molecule has 10 heavy (non-hydrogen) atoms. The first kappa shape index (κ1) is 7.56. The molecule has 56 valence electrons. The fourth-order valence-electron chi connectivity index (χ4n) is 0.788. The summed E-state index contributed by atoms with van der Waals surface area (Å²) >= 11 is 0. The van der Waals surface area contributed by atoms with Crippen molar-refractivity contribution < 1.29 is 4.74 Å². The van der Waals surface area contributed by atoms with Gasteiger partial charge in [-0.25, -0.2) is 0 Å². The third-order valence-corrected chi connectivity index (χ3v) is 1.63. The quantitative estimate of drug-likeness (QED) is 0.543. The van der Waals surface area contributed by atoms with E-state index in [1.807, 2.05) is 0 Å². The molecule has 0 heterocycles. The van der Waals surface area contributed by atoms with Crippen molar-refractivity contribution in [3.63, 3.8) is 0 Å². The van der Waals surface area contributed by atoms with Gasteiger partial charge in [0.2, 0.25) is 0 Å². The largest absolute Gasteiger partial charge is 0.381 e. The van der Waals surface area contributed by atoms with Gasteiger partial charge in [0.25, 0.3) is 0 Å². The minimum absolute atomic E-state index is 0.630. The average Bonchev–Trinajstić information content (AvgIpc) is 2.71. The molecule has 2 nitrogen and oxygen atoms in total. The Morgan fingerprint density at radius 2 is 2.30 bits per heavy atom. The summed E-state index contributed by atoms with van der Waals surface area (Å²) in [5.74, 6) is 0.849. The van der Waals surface area contributed by atoms with Gasteiger partial charge >= 0.3 is 0 Å². The lowest BCUT2D eigenvalue weighted by Crippen LogP contribution is -1.97. The Morgan fingerprint density at radius 1 is 1.50 bits per heavy atom. The molecule has 0 unspecified atom stereocenters. The molecule has 0 aromatic heterocycles. The normalized spacial score (nSPS) is 16.7. The highest BCUT2D eigenvalue weighted by atomic mass is 16.5. The molecule has 0 amide bonds. The summed E-state index contributed by atoms with van der Waals surface area (Å²) in [6.07, 6.45) is 4.21. The SMILES string of the molecule is N#CCCCOCC1CC1. The number of hydrogen-bond acceptors (Lipinski definition) is 2. The maximum absolute atomic E-state index is 8.18. The molecule has 0 aromatic carbocycles. The van der Waals surface area contributed by atoms with E-state index in [2.05, 4.69) is 6.07 Å². The van der Waals surface area contributed by atoms with E-state index in [1.54, 1.807) is 0 Å². The second-order valence-electron chi connectivity index (χ2n) is 2.78. The van der Waals surface area contributed by atoms with Gasteiger partial charge in [-0.05, 0) is 25.2 Å². The van der Waals surface area contributed by atoms with Gasteiger partial charge in [-0.1, -0.05) is 0 Å². The fourth-order valence-corrected chi connectivity index (χ4v) is 0.788. The third kappa shape index (κ3) is 3.47. The van der Waals surface area contributed by atoms with Gasteiger partial charge in [-0.2, -0.15) is 5.26 Å². The average molecular weight is 139 g/mol. The van der Waals surface area contributed by atoms with E-state index in [9.17, 15) is 0 Å². The van der Waals surface area contributed by atoms with Gasteiger partial charge in [0, 0.05) is 19.6 Å². The zero-order chi connectivity index (χ0) is 7.23. The van der Waals surface area contributed by atoms with Crippen LogP contribution in [0.4, 0.5) is 0 Å². The molecule has 1 saturated carbocycles. The fraction of sp³-hybridized carbons (Fsp3) is 0.875. The Kier molecular flexibility index (Phi) is 3.25. The molecule has 0 spiro atoms. The standard InChI is InChI=1S/C8H13NO/c9-5-1-2-6-10-7-8-3-4-8/h8H,1-4,6-7H2. The third-order valence-electron chi connectivity index (χ3n) is 1.63. The van der Waals surface area contributed by atoms with Crippen molar-refractivity contribution in [2.45, 2.75) is 25.7 Å². The smallest absolute Gasteiger partial charge is 0.0622 e. The predicted octanol–water partition coefficient (Wildman–Crippen LogP) is 1.72. The van der Waals surface area contributed by atoms with Crippen LogP contribution in [0.5, 0.6) is 0 Å². The van der Waals surface area contributed by atoms with Crippen LogP contribution in [0.25, 0.3) is 0 Å². The molecule has 0 aliphatic heterocycles. The van der Waals surface area contributed by atoms with Crippen LogP contribution in [-0.2, 0) is 4.74 Å². The summed E-state index contributed by atoms with van der Waals surface area (Å²) in [5, 5.41) is 8.18. The van der Waals surface area contributed by atoms with Gasteiger partial charge in [0.05, 0.1) is 6.07 Å². The lowest BCUT2D eigenvalue weighted by molar-refractivity contribution is 0.123. The van der Waals surface area contributed by atoms with Crippen LogP contribution in [0, 0.1) is 17.2 Å². The van der Waals surface area contributed by atoms with Crippen LogP contribution < -0.4 is 0 Å². The van der Waals surface area contributed by atoms with Gasteiger partial charge in [-0.3, -0.25) is 0 Å². The van der Waals surface area contributed by atoms with E-state index in [0.717, 1.165) is 25.6 Å². The first-order chi connectivity index (χ1) is 4.93. The molecule has 0 radical (unpaired) electrons. The first-order valence-corrected chi connectivity index (χ1v) is 3.88. The number of nitrogens with zero attached hydrogens (tertiary/aromatic N) is 1. The summed E-state index contributed by atoms with van der Waals surface area (Å²) < 4.78 is 5.31. The second kappa shape index (κ2) is 4.29. The Bertz CT molecular complexity index is 124. The van der Waals surface area contributed by atoms with Crippen molar-refractivity contribution in [2.75, 3.05) is 13.2 Å². The van der Waals surface area contributed by atoms with Gasteiger partial charge < -0.3 is 4.74 Å². The molecule has 0 N–H and O–H groups in total. The number of ether oxygens (including phenoxy) is 1. The molecule has 0 aromatic rings. The van der Waals surface area contributed by atoms with Gasteiger partial charge in [0.15, 0.2) is 0 Å². The highest BCUT2D eigenvalue weighted by molar-refractivity contribution is 4.72. The molecule has 2 heteroatoms. The van der Waals surface area contributed by atoms with E-state index >= 15 is 0 Å². The van der Waals surface area contributed by atoms with Crippen LogP contribution in [0.1, 0.15) is 25.7 Å². The van der Waals surface area contributed by atoms with Crippen LogP contribution in [0.2, 0.25) is 0 Å². The van der Waals surface area contributed by atoms with Gasteiger partial charge in [-0.15, -0.1) is 0 Å². The van der Waals surface area contributed by atoms with Crippen molar-refractivity contribution >= 4 is 0 Å². The summed E-state index contributed by atoms with van der Waals surface area (Å²) in [5.41, 5.74) is 0. The van der Waals surface area contributed by atoms with Crippen LogP contribution in [0.15, 0.2) is 0 Å². The molecule has 1 aliphatic rings. The van der Waals surface area contributed by atoms with Crippen molar-refractivity contribution in [3.8, 4) is 6.07 Å². The zero-order valence-corrected chi connectivity index (χ0v) is 6.18. The molecular weight excluding hydrogens is 126 g/mol. The van der Waals surface area contributed by atoms with Gasteiger partial charge in [0.1, 0.15) is 0 Å². The Morgan fingerprint density at radius 3 is 2.90 bits per heavy atom. The minimum Gasteiger partial charge on any atom is -0.381 e. The second-order valence-corrected chi connectivity index (χ2v) is 2.78. The van der Waals surface area contributed by atoms with Crippen molar-refractivity contribution in [1.82, 2.24) is 0 Å². The molecule has 0 atom stereocenters. The lowest BCUT2D eigenvalue weighted by atomic mass is 10.3. The molecule has 1 rings (SSSR count). The minimum atomic E-state index is 0.630. The highest BCUT2D eigenvalue weighted by Crippen LogP contribution is 2.28. The van der Waals surface area contributed by atoms with Crippen molar-refractivity contribution in [3.05, 3.63) is 0 Å². The Labute approximate surface area is 61.8 Å². The van der Waals surface area contributed by atoms with E-state index in [-0.39, 0.29) is 0 Å². The summed E-state index contributed by atoms with van der Waals surface area (Å²) in [4.78, 5) is 0. The van der Waals surface area contributed by atoms with E-state index in [1.165, 1.54) is 12.8 Å². The van der Waals surface area contributed by atoms with Crippen LogP contribution >= 0.6 is 0 Å². The van der Waals surface area contributed by atoms with Crippen molar-refractivity contribution in [1.29, 1.82) is 5.26 Å². The summed E-state index contributed by atoms with van der Waals surface area (Å²) in [6, 6.07) is 2.09. The first-order valence-electron chi connectivity index (χ1n) is 3.88.